The molecule has 2 aromatic carbocycles. The van der Waals surface area contributed by atoms with Crippen LogP contribution in [-0.2, 0) is 0 Å². The molecule has 2 N–H and O–H groups in total. The van der Waals surface area contributed by atoms with Gasteiger partial charge in [0.05, 0.1) is 19.1 Å². The summed E-state index contributed by atoms with van der Waals surface area (Å²) < 4.78 is 12.2. The first-order chi connectivity index (χ1) is 14.1. The molecule has 2 aliphatic carbocycles. The molecule has 2 fully saturated rings. The van der Waals surface area contributed by atoms with E-state index in [0.29, 0.717) is 11.8 Å². The maximum absolute atomic E-state index is 6.49. The van der Waals surface area contributed by atoms with E-state index in [1.165, 1.54) is 62.3 Å². The molecule has 0 saturated heterocycles. The normalized spacial score (nSPS) is 27.7. The van der Waals surface area contributed by atoms with Crippen molar-refractivity contribution in [1.82, 2.24) is 0 Å². The monoisotopic (exact) mass is 395 g/mol. The lowest BCUT2D eigenvalue weighted by Crippen LogP contribution is -2.19. The van der Waals surface area contributed by atoms with Gasteiger partial charge in [-0.25, -0.2) is 0 Å². The molecule has 4 rings (SSSR count). The lowest BCUT2D eigenvalue weighted by Gasteiger charge is -2.29. The predicted octanol–water partition coefficient (Wildman–Crippen LogP) is 6.93. The Kier molecular flexibility index (Phi) is 6.22. The summed E-state index contributed by atoms with van der Waals surface area (Å²) >= 11 is 0. The summed E-state index contributed by atoms with van der Waals surface area (Å²) in [6, 6.07) is 8.42. The van der Waals surface area contributed by atoms with Crippen LogP contribution >= 0.6 is 0 Å². The Morgan fingerprint density at radius 3 is 2.07 bits per heavy atom. The maximum Gasteiger partial charge on any atom is 0.129 e. The van der Waals surface area contributed by atoms with Gasteiger partial charge in [-0.15, -0.1) is 0 Å². The van der Waals surface area contributed by atoms with E-state index in [-0.39, 0.29) is 0 Å². The van der Waals surface area contributed by atoms with Gasteiger partial charge >= 0.3 is 0 Å². The Bertz CT molecular complexity index is 830. The van der Waals surface area contributed by atoms with Crippen molar-refractivity contribution < 1.29 is 9.47 Å². The largest absolute Gasteiger partial charge is 0.496 e. The highest BCUT2D eigenvalue weighted by Crippen LogP contribution is 2.45. The number of hydrogen-bond donors (Lipinski definition) is 1. The van der Waals surface area contributed by atoms with Gasteiger partial charge in [-0.05, 0) is 73.1 Å². The van der Waals surface area contributed by atoms with Gasteiger partial charge in [-0.3, -0.25) is 0 Å². The zero-order valence-corrected chi connectivity index (χ0v) is 18.4. The van der Waals surface area contributed by atoms with Crippen molar-refractivity contribution in [2.75, 3.05) is 19.5 Å². The summed E-state index contributed by atoms with van der Waals surface area (Å²) in [4.78, 5) is 0. The van der Waals surface area contributed by atoms with E-state index in [1.807, 2.05) is 12.1 Å². The van der Waals surface area contributed by atoms with Gasteiger partial charge in [-0.1, -0.05) is 45.6 Å². The van der Waals surface area contributed by atoms with Crippen LogP contribution < -0.4 is 15.2 Å². The molecule has 0 bridgehead atoms. The summed E-state index contributed by atoms with van der Waals surface area (Å²) in [5.74, 6) is 4.78. The Labute approximate surface area is 176 Å². The first-order valence-corrected chi connectivity index (χ1v) is 11.6. The standard InChI is InChI=1S/C26H37NO2/c1-17-4-8-19(9-5-17)16-29-24-14-12-21(20-10-6-18(2)7-11-20)25-23(28-3)15-13-22(27)26(24)25/h12-15,17-20H,4-11,16,27H2,1-3H3. The molecular weight excluding hydrogens is 358 g/mol. The van der Waals surface area contributed by atoms with Crippen LogP contribution in [0, 0.1) is 17.8 Å². The van der Waals surface area contributed by atoms with Crippen molar-refractivity contribution in [2.24, 2.45) is 17.8 Å². The molecule has 2 aromatic rings. The first kappa shape index (κ1) is 20.4. The van der Waals surface area contributed by atoms with E-state index in [2.05, 4.69) is 26.0 Å². The second kappa shape index (κ2) is 8.85. The van der Waals surface area contributed by atoms with Crippen LogP contribution in [0.3, 0.4) is 0 Å². The molecule has 3 nitrogen and oxygen atoms in total. The number of fused-ring (bicyclic) bond motifs is 1. The van der Waals surface area contributed by atoms with E-state index in [4.69, 9.17) is 15.2 Å². The molecule has 0 radical (unpaired) electrons. The van der Waals surface area contributed by atoms with Gasteiger partial charge in [-0.2, -0.15) is 0 Å². The molecule has 2 aliphatic rings. The maximum atomic E-state index is 6.49. The lowest BCUT2D eigenvalue weighted by molar-refractivity contribution is 0.189. The predicted molar refractivity (Wildman–Crippen MR) is 122 cm³/mol. The SMILES string of the molecule is COc1ccc(N)c2c(OCC3CCC(C)CC3)ccc(C3CCC(C)CC3)c12. The molecule has 0 atom stereocenters. The fraction of sp³-hybridized carbons (Fsp3) is 0.615. The van der Waals surface area contributed by atoms with Crippen molar-refractivity contribution in [3.8, 4) is 11.5 Å². The van der Waals surface area contributed by atoms with E-state index in [9.17, 15) is 0 Å². The van der Waals surface area contributed by atoms with Crippen LogP contribution in [0.15, 0.2) is 24.3 Å². The number of hydrogen-bond acceptors (Lipinski definition) is 3. The fourth-order valence-corrected chi connectivity index (χ4v) is 5.39. The number of nitrogens with two attached hydrogens (primary N) is 1. The number of methoxy groups -OCH3 is 1. The summed E-state index contributed by atoms with van der Waals surface area (Å²) in [5, 5.41) is 2.21. The summed E-state index contributed by atoms with van der Waals surface area (Å²) in [6.45, 7) is 5.52. The van der Waals surface area contributed by atoms with Crippen molar-refractivity contribution in [3.63, 3.8) is 0 Å². The third-order valence-electron chi connectivity index (χ3n) is 7.43. The molecule has 0 heterocycles. The van der Waals surface area contributed by atoms with E-state index in [0.717, 1.165) is 41.0 Å². The highest BCUT2D eigenvalue weighted by Gasteiger charge is 2.25. The van der Waals surface area contributed by atoms with Crippen molar-refractivity contribution in [2.45, 2.75) is 71.1 Å². The summed E-state index contributed by atoms with van der Waals surface area (Å²) in [6.07, 6.45) is 10.3. The Balaban J connectivity index is 1.66. The molecular formula is C26H37NO2. The molecule has 3 heteroatoms. The van der Waals surface area contributed by atoms with Crippen LogP contribution in [0.5, 0.6) is 11.5 Å². The molecule has 158 valence electrons. The minimum atomic E-state index is 0.582. The highest BCUT2D eigenvalue weighted by molar-refractivity contribution is 6.03. The van der Waals surface area contributed by atoms with Gasteiger partial charge in [0.25, 0.3) is 0 Å². The second-order valence-electron chi connectivity index (χ2n) is 9.65. The van der Waals surface area contributed by atoms with Crippen molar-refractivity contribution >= 4 is 16.5 Å². The smallest absolute Gasteiger partial charge is 0.129 e. The number of ether oxygens (including phenoxy) is 2. The fourth-order valence-electron chi connectivity index (χ4n) is 5.39. The van der Waals surface area contributed by atoms with Crippen LogP contribution in [0.4, 0.5) is 5.69 Å². The Morgan fingerprint density at radius 1 is 0.793 bits per heavy atom. The van der Waals surface area contributed by atoms with E-state index < -0.39 is 0 Å². The van der Waals surface area contributed by atoms with Crippen LogP contribution in [-0.4, -0.2) is 13.7 Å². The number of rotatable bonds is 5. The Morgan fingerprint density at radius 2 is 1.41 bits per heavy atom. The van der Waals surface area contributed by atoms with Gasteiger partial charge in [0.1, 0.15) is 11.5 Å². The van der Waals surface area contributed by atoms with Gasteiger partial charge in [0.2, 0.25) is 0 Å². The molecule has 2 saturated carbocycles. The number of benzene rings is 2. The highest BCUT2D eigenvalue weighted by atomic mass is 16.5. The molecule has 0 amide bonds. The average Bonchev–Trinajstić information content (AvgIpc) is 2.74. The van der Waals surface area contributed by atoms with Crippen LogP contribution in [0.25, 0.3) is 10.8 Å². The summed E-state index contributed by atoms with van der Waals surface area (Å²) in [7, 11) is 1.76. The molecule has 0 spiro atoms. The average molecular weight is 396 g/mol. The molecule has 0 aromatic heterocycles. The van der Waals surface area contributed by atoms with Gasteiger partial charge in [0, 0.05) is 11.1 Å². The zero-order valence-electron chi connectivity index (χ0n) is 18.4. The third-order valence-corrected chi connectivity index (χ3v) is 7.43. The topological polar surface area (TPSA) is 44.5 Å². The van der Waals surface area contributed by atoms with Gasteiger partial charge < -0.3 is 15.2 Å². The van der Waals surface area contributed by atoms with Crippen molar-refractivity contribution in [3.05, 3.63) is 29.8 Å². The molecule has 0 unspecified atom stereocenters. The van der Waals surface area contributed by atoms with E-state index >= 15 is 0 Å². The number of anilines is 1. The lowest BCUT2D eigenvalue weighted by atomic mass is 9.78. The molecule has 0 aliphatic heterocycles. The molecule has 29 heavy (non-hydrogen) atoms. The van der Waals surface area contributed by atoms with Gasteiger partial charge in [0.15, 0.2) is 0 Å². The minimum Gasteiger partial charge on any atom is -0.496 e. The third kappa shape index (κ3) is 4.34. The zero-order chi connectivity index (χ0) is 20.4. The second-order valence-corrected chi connectivity index (χ2v) is 9.65. The summed E-state index contributed by atoms with van der Waals surface area (Å²) in [5.41, 5.74) is 8.67. The quantitative estimate of drug-likeness (QED) is 0.558. The Hall–Kier alpha value is -1.90. The number of nitrogen functional groups attached to an aromatic ring is 1. The minimum absolute atomic E-state index is 0.582. The first-order valence-electron chi connectivity index (χ1n) is 11.6. The van der Waals surface area contributed by atoms with E-state index in [1.54, 1.807) is 7.11 Å². The van der Waals surface area contributed by atoms with Crippen LogP contribution in [0.1, 0.15) is 76.7 Å². The van der Waals surface area contributed by atoms with Crippen LogP contribution in [0.2, 0.25) is 0 Å². The van der Waals surface area contributed by atoms with Crippen molar-refractivity contribution in [1.29, 1.82) is 0 Å².